The number of para-hydroxylation sites is 1. The molecule has 5 nitrogen and oxygen atoms in total. The maximum absolute atomic E-state index is 5.63. The van der Waals surface area contributed by atoms with E-state index >= 15 is 0 Å². The summed E-state index contributed by atoms with van der Waals surface area (Å²) in [7, 11) is 3.44. The van der Waals surface area contributed by atoms with Gasteiger partial charge in [0.15, 0.2) is 0 Å². The van der Waals surface area contributed by atoms with Crippen LogP contribution in [0.1, 0.15) is 23.2 Å². The van der Waals surface area contributed by atoms with Crippen molar-refractivity contribution in [2.45, 2.75) is 26.3 Å². The molecule has 0 bridgehead atoms. The van der Waals surface area contributed by atoms with E-state index in [0.29, 0.717) is 12.5 Å². The first-order chi connectivity index (χ1) is 14.2. The molecule has 0 aliphatic carbocycles. The van der Waals surface area contributed by atoms with Crippen molar-refractivity contribution in [3.63, 3.8) is 0 Å². The quantitative estimate of drug-likeness (QED) is 0.594. The topological polar surface area (TPSA) is 45.5 Å². The molecule has 0 saturated carbocycles. The summed E-state index contributed by atoms with van der Waals surface area (Å²) in [5, 5.41) is 4.74. The molecule has 1 aliphatic heterocycles. The molecule has 1 aromatic heterocycles. The Morgan fingerprint density at radius 3 is 2.59 bits per heavy atom. The van der Waals surface area contributed by atoms with E-state index in [1.807, 2.05) is 25.1 Å². The second-order valence-electron chi connectivity index (χ2n) is 7.60. The van der Waals surface area contributed by atoms with E-state index in [1.165, 1.54) is 5.56 Å². The summed E-state index contributed by atoms with van der Waals surface area (Å²) in [5.41, 5.74) is 5.58. The van der Waals surface area contributed by atoms with E-state index in [4.69, 9.17) is 19.3 Å². The van der Waals surface area contributed by atoms with Crippen LogP contribution in [0.4, 0.5) is 0 Å². The normalized spacial score (nSPS) is 16.2. The van der Waals surface area contributed by atoms with Crippen molar-refractivity contribution < 1.29 is 14.2 Å². The van der Waals surface area contributed by atoms with Gasteiger partial charge in [-0.05, 0) is 61.6 Å². The number of aromatic nitrogens is 2. The van der Waals surface area contributed by atoms with Crippen LogP contribution in [0.5, 0.6) is 11.5 Å². The van der Waals surface area contributed by atoms with Crippen LogP contribution in [0.25, 0.3) is 11.3 Å². The first kappa shape index (κ1) is 19.5. The van der Waals surface area contributed by atoms with Crippen LogP contribution >= 0.6 is 0 Å². The molecule has 29 heavy (non-hydrogen) atoms. The van der Waals surface area contributed by atoms with Gasteiger partial charge in [-0.2, -0.15) is 5.10 Å². The minimum Gasteiger partial charge on any atom is -0.496 e. The van der Waals surface area contributed by atoms with Crippen LogP contribution in [-0.2, 0) is 17.7 Å². The minimum atomic E-state index is 0.555. The average Bonchev–Trinajstić information content (AvgIpc) is 3.38. The molecular weight excluding hydrogens is 364 g/mol. The lowest BCUT2D eigenvalue weighted by atomic mass is 9.96. The Bertz CT molecular complexity index is 974. The summed E-state index contributed by atoms with van der Waals surface area (Å²) in [5.74, 6) is 2.37. The zero-order valence-corrected chi connectivity index (χ0v) is 17.4. The molecule has 5 heteroatoms. The van der Waals surface area contributed by atoms with Gasteiger partial charge in [-0.15, -0.1) is 0 Å². The Morgan fingerprint density at radius 1 is 1.03 bits per heavy atom. The highest BCUT2D eigenvalue weighted by atomic mass is 16.5. The average molecular weight is 392 g/mol. The zero-order valence-electron chi connectivity index (χ0n) is 17.4. The zero-order chi connectivity index (χ0) is 20.2. The molecule has 1 aliphatic rings. The van der Waals surface area contributed by atoms with E-state index in [1.54, 1.807) is 14.2 Å². The summed E-state index contributed by atoms with van der Waals surface area (Å²) in [6, 6.07) is 16.6. The molecule has 4 rings (SSSR count). The molecule has 1 atom stereocenters. The number of nitrogens with zero attached hydrogens (tertiary/aromatic N) is 2. The van der Waals surface area contributed by atoms with Gasteiger partial charge in [-0.1, -0.05) is 18.2 Å². The predicted octanol–water partition coefficient (Wildman–Crippen LogP) is 4.50. The maximum Gasteiger partial charge on any atom is 0.123 e. The largest absolute Gasteiger partial charge is 0.496 e. The molecule has 0 spiro atoms. The van der Waals surface area contributed by atoms with Gasteiger partial charge in [0.05, 0.1) is 32.2 Å². The third-order valence-electron chi connectivity index (χ3n) is 5.52. The van der Waals surface area contributed by atoms with Crippen LogP contribution in [0, 0.1) is 12.8 Å². The maximum atomic E-state index is 5.63. The van der Waals surface area contributed by atoms with E-state index < -0.39 is 0 Å². The Morgan fingerprint density at radius 2 is 1.83 bits per heavy atom. The minimum absolute atomic E-state index is 0.555. The lowest BCUT2D eigenvalue weighted by molar-refractivity contribution is 0.185. The van der Waals surface area contributed by atoms with Gasteiger partial charge in [-0.25, -0.2) is 0 Å². The Hall–Kier alpha value is -2.79. The molecule has 3 aromatic rings. The van der Waals surface area contributed by atoms with Crippen molar-refractivity contribution in [3.8, 4) is 22.8 Å². The number of methoxy groups -OCH3 is 2. The number of hydrogen-bond donors (Lipinski definition) is 0. The Balaban J connectivity index is 1.68. The summed E-state index contributed by atoms with van der Waals surface area (Å²) in [6.45, 7) is 4.38. The number of hydrogen-bond acceptors (Lipinski definition) is 4. The highest BCUT2D eigenvalue weighted by Gasteiger charge is 2.19. The van der Waals surface area contributed by atoms with Gasteiger partial charge in [0.1, 0.15) is 11.5 Å². The fourth-order valence-electron chi connectivity index (χ4n) is 4.05. The molecule has 0 N–H and O–H groups in total. The van der Waals surface area contributed by atoms with E-state index in [9.17, 15) is 0 Å². The van der Waals surface area contributed by atoms with Gasteiger partial charge in [0.2, 0.25) is 0 Å². The van der Waals surface area contributed by atoms with Crippen molar-refractivity contribution in [3.05, 3.63) is 65.4 Å². The number of rotatable bonds is 7. The first-order valence-electron chi connectivity index (χ1n) is 10.1. The highest BCUT2D eigenvalue weighted by molar-refractivity contribution is 5.63. The van der Waals surface area contributed by atoms with Crippen molar-refractivity contribution in [2.24, 2.45) is 5.92 Å². The lowest BCUT2D eigenvalue weighted by Gasteiger charge is -2.15. The molecule has 152 valence electrons. The smallest absolute Gasteiger partial charge is 0.123 e. The van der Waals surface area contributed by atoms with Crippen molar-refractivity contribution >= 4 is 0 Å². The van der Waals surface area contributed by atoms with Crippen LogP contribution in [0.3, 0.4) is 0 Å². The lowest BCUT2D eigenvalue weighted by Crippen LogP contribution is -2.07. The summed E-state index contributed by atoms with van der Waals surface area (Å²) >= 11 is 0. The first-order valence-corrected chi connectivity index (χ1v) is 10.1. The molecule has 1 saturated heterocycles. The summed E-state index contributed by atoms with van der Waals surface area (Å²) in [6.07, 6.45) is 2.08. The van der Waals surface area contributed by atoms with Gasteiger partial charge in [0, 0.05) is 24.3 Å². The van der Waals surface area contributed by atoms with Crippen LogP contribution in [0.2, 0.25) is 0 Å². The van der Waals surface area contributed by atoms with Gasteiger partial charge in [0.25, 0.3) is 0 Å². The third-order valence-corrected chi connectivity index (χ3v) is 5.52. The monoisotopic (exact) mass is 392 g/mol. The van der Waals surface area contributed by atoms with E-state index in [0.717, 1.165) is 60.1 Å². The number of benzene rings is 2. The number of ether oxygens (including phenoxy) is 3. The Labute approximate surface area is 172 Å². The predicted molar refractivity (Wildman–Crippen MR) is 114 cm³/mol. The molecule has 1 fully saturated rings. The highest BCUT2D eigenvalue weighted by Crippen LogP contribution is 2.31. The van der Waals surface area contributed by atoms with Crippen LogP contribution in [-0.4, -0.2) is 37.2 Å². The van der Waals surface area contributed by atoms with Gasteiger partial charge in [-0.3, -0.25) is 4.68 Å². The molecule has 0 radical (unpaired) electrons. The fraction of sp³-hybridized carbons (Fsp3) is 0.375. The molecular formula is C24H28N2O3. The summed E-state index contributed by atoms with van der Waals surface area (Å²) < 4.78 is 18.8. The standard InChI is InChI=1S/C24H28N2O3/c1-17-12-22(26(25-17)15-20-6-4-5-7-23(20)27-2)19-8-9-24(28-3)21(14-19)13-18-10-11-29-16-18/h4-9,12,14,18H,10-11,13,15-16H2,1-3H3/t18-/m0/s1. The molecule has 0 amide bonds. The van der Waals surface area contributed by atoms with Crippen molar-refractivity contribution in [1.29, 1.82) is 0 Å². The Kier molecular flexibility index (Phi) is 5.86. The van der Waals surface area contributed by atoms with Crippen LogP contribution in [0.15, 0.2) is 48.5 Å². The molecule has 0 unspecified atom stereocenters. The van der Waals surface area contributed by atoms with Crippen molar-refractivity contribution in [2.75, 3.05) is 27.4 Å². The van der Waals surface area contributed by atoms with E-state index in [2.05, 4.69) is 35.0 Å². The molecule has 2 heterocycles. The SMILES string of the molecule is COc1ccc(-c2cc(C)nn2Cc2ccccc2OC)cc1C[C@@H]1CCOC1. The fourth-order valence-corrected chi connectivity index (χ4v) is 4.05. The second-order valence-corrected chi connectivity index (χ2v) is 7.60. The third kappa shape index (κ3) is 4.30. The molecule has 2 aromatic carbocycles. The summed E-state index contributed by atoms with van der Waals surface area (Å²) in [4.78, 5) is 0. The van der Waals surface area contributed by atoms with Crippen molar-refractivity contribution in [1.82, 2.24) is 9.78 Å². The number of aryl methyl sites for hydroxylation is 1. The van der Waals surface area contributed by atoms with Gasteiger partial charge >= 0.3 is 0 Å². The second kappa shape index (κ2) is 8.70. The van der Waals surface area contributed by atoms with Crippen LogP contribution < -0.4 is 9.47 Å². The van der Waals surface area contributed by atoms with Gasteiger partial charge < -0.3 is 14.2 Å². The van der Waals surface area contributed by atoms with E-state index in [-0.39, 0.29) is 0 Å².